The smallest absolute Gasteiger partial charge is 0.272 e. The number of hydrogen-bond donors (Lipinski definition) is 1. The molecule has 3 unspecified atom stereocenters. The molecule has 0 radical (unpaired) electrons. The lowest BCUT2D eigenvalue weighted by molar-refractivity contribution is 0.0871. The molecule has 1 N–H and O–H groups in total. The van der Waals surface area contributed by atoms with Crippen LogP contribution in [0.25, 0.3) is 22.3 Å². The van der Waals surface area contributed by atoms with Crippen molar-refractivity contribution in [2.24, 2.45) is 11.3 Å². The maximum atomic E-state index is 13.7. The number of nitrogens with zero attached hydrogens (tertiary/aromatic N) is 3. The SMILES string of the molecule is Cc1nc2c(C(=O)NC3CC(C)CC(C)(C)C3)nc(-c3ccccc3)cc2n1C1CCS(=O)(=O)C1. The third-order valence-corrected chi connectivity index (χ3v) is 9.19. The highest BCUT2D eigenvalue weighted by Crippen LogP contribution is 2.39. The standard InChI is InChI=1S/C27H34N4O3S/c1-17-12-20(15-27(3,4)14-17)29-26(32)25-24-23(13-22(30-25)19-8-6-5-7-9-19)31(18(2)28-24)21-10-11-35(33,34)16-21/h5-9,13,17,20-21H,10-12,14-16H2,1-4H3,(H,29,32). The molecule has 35 heavy (non-hydrogen) atoms. The van der Waals surface area contributed by atoms with Gasteiger partial charge in [-0.3, -0.25) is 4.79 Å². The lowest BCUT2D eigenvalue weighted by Gasteiger charge is -2.39. The molecule has 0 bridgehead atoms. The number of aryl methyl sites for hydroxylation is 1. The molecule has 3 atom stereocenters. The number of benzene rings is 1. The molecule has 3 heterocycles. The van der Waals surface area contributed by atoms with Gasteiger partial charge in [0.15, 0.2) is 15.5 Å². The first-order chi connectivity index (χ1) is 16.5. The van der Waals surface area contributed by atoms with E-state index < -0.39 is 9.84 Å². The number of pyridine rings is 1. The molecule has 7 nitrogen and oxygen atoms in total. The second-order valence-electron chi connectivity index (χ2n) is 11.3. The maximum Gasteiger partial charge on any atom is 0.272 e. The van der Waals surface area contributed by atoms with Crippen LogP contribution in [-0.4, -0.2) is 46.4 Å². The molecular formula is C27H34N4O3S. The highest BCUT2D eigenvalue weighted by molar-refractivity contribution is 7.91. The van der Waals surface area contributed by atoms with Crippen molar-refractivity contribution in [2.45, 2.75) is 65.5 Å². The first-order valence-corrected chi connectivity index (χ1v) is 14.3. The Labute approximate surface area is 207 Å². The summed E-state index contributed by atoms with van der Waals surface area (Å²) in [5.41, 5.74) is 3.37. The normalized spacial score (nSPS) is 25.5. The quantitative estimate of drug-likeness (QED) is 0.567. The number of amides is 1. The average molecular weight is 495 g/mol. The molecule has 0 spiro atoms. The zero-order valence-electron chi connectivity index (χ0n) is 20.9. The number of sulfone groups is 1. The van der Waals surface area contributed by atoms with Crippen LogP contribution in [0.2, 0.25) is 0 Å². The van der Waals surface area contributed by atoms with Crippen LogP contribution < -0.4 is 5.32 Å². The molecule has 1 aliphatic heterocycles. The highest BCUT2D eigenvalue weighted by Gasteiger charge is 2.35. The molecule has 1 aliphatic carbocycles. The first kappa shape index (κ1) is 24.0. The van der Waals surface area contributed by atoms with Crippen molar-refractivity contribution in [3.63, 3.8) is 0 Å². The van der Waals surface area contributed by atoms with Crippen LogP contribution in [0.15, 0.2) is 36.4 Å². The zero-order chi connectivity index (χ0) is 25.0. The van der Waals surface area contributed by atoms with E-state index in [0.29, 0.717) is 35.1 Å². The topological polar surface area (TPSA) is 93.9 Å². The number of carbonyl (C=O) groups excluding carboxylic acids is 1. The molecule has 186 valence electrons. The van der Waals surface area contributed by atoms with Crippen LogP contribution in [0.4, 0.5) is 0 Å². The van der Waals surface area contributed by atoms with E-state index in [0.717, 1.165) is 30.3 Å². The lowest BCUT2D eigenvalue weighted by Crippen LogP contribution is -2.43. The number of rotatable bonds is 4. The zero-order valence-corrected chi connectivity index (χ0v) is 21.7. The number of nitrogens with one attached hydrogen (secondary N) is 1. The van der Waals surface area contributed by atoms with Gasteiger partial charge in [-0.1, -0.05) is 51.1 Å². The summed E-state index contributed by atoms with van der Waals surface area (Å²) in [6, 6.07) is 11.6. The van der Waals surface area contributed by atoms with Crippen LogP contribution in [-0.2, 0) is 9.84 Å². The van der Waals surface area contributed by atoms with Gasteiger partial charge in [0.05, 0.1) is 28.8 Å². The Hall–Kier alpha value is -2.74. The van der Waals surface area contributed by atoms with Crippen molar-refractivity contribution in [2.75, 3.05) is 11.5 Å². The number of hydrogen-bond acceptors (Lipinski definition) is 5. The van der Waals surface area contributed by atoms with Crippen LogP contribution in [0.1, 0.15) is 68.8 Å². The lowest BCUT2D eigenvalue weighted by atomic mass is 9.70. The van der Waals surface area contributed by atoms with E-state index in [4.69, 9.17) is 9.97 Å². The number of aromatic nitrogens is 3. The Morgan fingerprint density at radius 1 is 1.14 bits per heavy atom. The monoisotopic (exact) mass is 494 g/mol. The minimum atomic E-state index is -3.07. The molecule has 1 aromatic carbocycles. The van der Waals surface area contributed by atoms with Gasteiger partial charge in [-0.15, -0.1) is 0 Å². The molecule has 1 saturated heterocycles. The van der Waals surface area contributed by atoms with Gasteiger partial charge < -0.3 is 9.88 Å². The maximum absolute atomic E-state index is 13.7. The summed E-state index contributed by atoms with van der Waals surface area (Å²) in [5.74, 6) is 1.30. The Kier molecular flexibility index (Phi) is 5.98. The van der Waals surface area contributed by atoms with E-state index in [-0.39, 0.29) is 34.9 Å². The van der Waals surface area contributed by atoms with Crippen molar-refractivity contribution in [1.29, 1.82) is 0 Å². The molecule has 2 fully saturated rings. The van der Waals surface area contributed by atoms with E-state index in [1.165, 1.54) is 0 Å². The van der Waals surface area contributed by atoms with Crippen molar-refractivity contribution in [1.82, 2.24) is 19.9 Å². The van der Waals surface area contributed by atoms with Crippen LogP contribution in [0.5, 0.6) is 0 Å². The highest BCUT2D eigenvalue weighted by atomic mass is 32.2. The van der Waals surface area contributed by atoms with Crippen LogP contribution in [0, 0.1) is 18.3 Å². The Bertz CT molecular complexity index is 1380. The number of imidazole rings is 1. The molecule has 8 heteroatoms. The minimum Gasteiger partial charge on any atom is -0.348 e. The van der Waals surface area contributed by atoms with Gasteiger partial charge in [-0.25, -0.2) is 18.4 Å². The molecule has 2 aliphatic rings. The van der Waals surface area contributed by atoms with E-state index in [2.05, 4.69) is 26.1 Å². The van der Waals surface area contributed by atoms with Crippen molar-refractivity contribution in [3.8, 4) is 11.3 Å². The Morgan fingerprint density at radius 3 is 2.54 bits per heavy atom. The van der Waals surface area contributed by atoms with Crippen molar-refractivity contribution >= 4 is 26.8 Å². The summed E-state index contributed by atoms with van der Waals surface area (Å²) in [4.78, 5) is 23.2. The largest absolute Gasteiger partial charge is 0.348 e. The van der Waals surface area contributed by atoms with Gasteiger partial charge in [0, 0.05) is 11.6 Å². The molecular weight excluding hydrogens is 460 g/mol. The third-order valence-electron chi connectivity index (χ3n) is 7.43. The summed E-state index contributed by atoms with van der Waals surface area (Å²) in [6.07, 6.45) is 3.58. The summed E-state index contributed by atoms with van der Waals surface area (Å²) in [7, 11) is -3.07. The Balaban J connectivity index is 1.60. The molecule has 1 saturated carbocycles. The third kappa shape index (κ3) is 4.85. The Morgan fingerprint density at radius 2 is 1.89 bits per heavy atom. The van der Waals surface area contributed by atoms with Gasteiger partial charge in [0.25, 0.3) is 5.91 Å². The van der Waals surface area contributed by atoms with E-state index in [1.807, 2.05) is 47.9 Å². The van der Waals surface area contributed by atoms with E-state index >= 15 is 0 Å². The second-order valence-corrected chi connectivity index (χ2v) is 13.5. The molecule has 1 amide bonds. The van der Waals surface area contributed by atoms with Gasteiger partial charge in [0.2, 0.25) is 0 Å². The fraction of sp³-hybridized carbons (Fsp3) is 0.519. The fourth-order valence-corrected chi connectivity index (χ4v) is 7.97. The summed E-state index contributed by atoms with van der Waals surface area (Å²) in [6.45, 7) is 8.64. The molecule has 5 rings (SSSR count). The number of fused-ring (bicyclic) bond motifs is 1. The van der Waals surface area contributed by atoms with E-state index in [9.17, 15) is 13.2 Å². The van der Waals surface area contributed by atoms with Gasteiger partial charge in [-0.2, -0.15) is 0 Å². The first-order valence-electron chi connectivity index (χ1n) is 12.5. The summed E-state index contributed by atoms with van der Waals surface area (Å²) >= 11 is 0. The predicted molar refractivity (Wildman–Crippen MR) is 138 cm³/mol. The van der Waals surface area contributed by atoms with Gasteiger partial charge >= 0.3 is 0 Å². The molecule has 3 aromatic rings. The van der Waals surface area contributed by atoms with Crippen LogP contribution in [0.3, 0.4) is 0 Å². The predicted octanol–water partition coefficient (Wildman–Crippen LogP) is 4.71. The van der Waals surface area contributed by atoms with Crippen LogP contribution >= 0.6 is 0 Å². The van der Waals surface area contributed by atoms with E-state index in [1.54, 1.807) is 0 Å². The van der Waals surface area contributed by atoms with Gasteiger partial charge in [0.1, 0.15) is 11.3 Å². The minimum absolute atomic E-state index is 0.0849. The van der Waals surface area contributed by atoms with Crippen molar-refractivity contribution < 1.29 is 13.2 Å². The summed E-state index contributed by atoms with van der Waals surface area (Å²) in [5, 5.41) is 3.26. The van der Waals surface area contributed by atoms with Crippen molar-refractivity contribution in [3.05, 3.63) is 47.9 Å². The fourth-order valence-electron chi connectivity index (χ4n) is 6.27. The average Bonchev–Trinajstić information content (AvgIpc) is 3.29. The molecule has 2 aromatic heterocycles. The number of carbonyl (C=O) groups is 1. The second kappa shape index (κ2) is 8.73. The summed E-state index contributed by atoms with van der Waals surface area (Å²) < 4.78 is 26.5. The van der Waals surface area contributed by atoms with Gasteiger partial charge in [-0.05, 0) is 50.0 Å².